The van der Waals surface area contributed by atoms with Crippen molar-refractivity contribution in [3.63, 3.8) is 0 Å². The number of carbonyl (C=O) groups is 3. The van der Waals surface area contributed by atoms with Gasteiger partial charge in [-0.2, -0.15) is 0 Å². The third-order valence-electron chi connectivity index (χ3n) is 7.12. The summed E-state index contributed by atoms with van der Waals surface area (Å²) in [6.07, 6.45) is 1.95. The number of nitrogens with zero attached hydrogens (tertiary/aromatic N) is 2. The topological polar surface area (TPSA) is 116 Å². The maximum Gasteiger partial charge on any atom is 0.240 e. The van der Waals surface area contributed by atoms with E-state index in [2.05, 4.69) is 10.0 Å². The van der Waals surface area contributed by atoms with Crippen LogP contribution in [0, 0.1) is 11.8 Å². The zero-order valence-electron chi connectivity index (χ0n) is 21.2. The number of benzene rings is 2. The van der Waals surface area contributed by atoms with Crippen LogP contribution in [0.4, 0.5) is 11.4 Å². The van der Waals surface area contributed by atoms with Gasteiger partial charge in [0.05, 0.1) is 10.8 Å². The minimum Gasteiger partial charge on any atom is -0.342 e. The van der Waals surface area contributed by atoms with E-state index in [1.165, 1.54) is 12.1 Å². The third-order valence-corrected chi connectivity index (χ3v) is 8.73. The summed E-state index contributed by atoms with van der Waals surface area (Å²) in [5.41, 5.74) is 1.33. The van der Waals surface area contributed by atoms with E-state index in [4.69, 9.17) is 0 Å². The SMILES string of the molecule is CCC(C)NS(=O)(=O)c1ccc(NC(=O)C2CCN(C(=O)C3CC(=O)N(c4ccccc4)C3)CC2)cc1. The minimum atomic E-state index is -3.61. The monoisotopic (exact) mass is 526 g/mol. The Hall–Kier alpha value is -3.24. The molecule has 2 fully saturated rings. The Morgan fingerprint density at radius 3 is 2.27 bits per heavy atom. The van der Waals surface area contributed by atoms with E-state index in [0.717, 1.165) is 5.69 Å². The fraction of sp³-hybridized carbons (Fsp3) is 0.444. The average molecular weight is 527 g/mol. The number of sulfonamides is 1. The lowest BCUT2D eigenvalue weighted by atomic mass is 9.94. The normalized spacial score (nSPS) is 19.6. The maximum atomic E-state index is 13.1. The standard InChI is InChI=1S/C27H34N4O5S/c1-3-19(2)29-37(35,36)24-11-9-22(10-12-24)28-26(33)20-13-15-30(16-14-20)27(34)21-17-25(32)31(18-21)23-7-5-4-6-8-23/h4-12,19-21,29H,3,13-18H2,1-2H3,(H,28,33). The van der Waals surface area contributed by atoms with Crippen molar-refractivity contribution >= 4 is 39.1 Å². The van der Waals surface area contributed by atoms with Crippen molar-refractivity contribution in [3.8, 4) is 0 Å². The molecule has 2 heterocycles. The third kappa shape index (κ3) is 6.37. The Bertz CT molecular complexity index is 1230. The van der Waals surface area contributed by atoms with E-state index < -0.39 is 10.0 Å². The fourth-order valence-electron chi connectivity index (χ4n) is 4.73. The van der Waals surface area contributed by atoms with Crippen LogP contribution < -0.4 is 14.9 Å². The van der Waals surface area contributed by atoms with E-state index >= 15 is 0 Å². The number of nitrogens with one attached hydrogen (secondary N) is 2. The van der Waals surface area contributed by atoms with Crippen LogP contribution in [0.15, 0.2) is 59.5 Å². The number of rotatable bonds is 8. The molecule has 2 aliphatic rings. The lowest BCUT2D eigenvalue weighted by molar-refractivity contribution is -0.138. The first-order chi connectivity index (χ1) is 17.7. The molecular weight excluding hydrogens is 492 g/mol. The predicted molar refractivity (Wildman–Crippen MR) is 141 cm³/mol. The molecule has 9 nitrogen and oxygen atoms in total. The molecule has 4 rings (SSSR count). The Kier molecular flexibility index (Phi) is 8.29. The number of para-hydroxylation sites is 1. The Labute approximate surface area is 218 Å². The van der Waals surface area contributed by atoms with Gasteiger partial charge in [0.2, 0.25) is 27.7 Å². The number of likely N-dealkylation sites (tertiary alicyclic amines) is 1. The molecule has 198 valence electrons. The van der Waals surface area contributed by atoms with Gasteiger partial charge in [-0.05, 0) is 62.6 Å². The molecule has 0 bridgehead atoms. The van der Waals surface area contributed by atoms with Gasteiger partial charge in [0, 0.05) is 49.4 Å². The molecule has 2 N–H and O–H groups in total. The summed E-state index contributed by atoms with van der Waals surface area (Å²) in [5, 5.41) is 2.86. The maximum absolute atomic E-state index is 13.1. The molecule has 10 heteroatoms. The second-order valence-corrected chi connectivity index (χ2v) is 11.5. The van der Waals surface area contributed by atoms with Crippen molar-refractivity contribution in [1.82, 2.24) is 9.62 Å². The highest BCUT2D eigenvalue weighted by atomic mass is 32.2. The zero-order chi connectivity index (χ0) is 26.6. The van der Waals surface area contributed by atoms with E-state index in [9.17, 15) is 22.8 Å². The Morgan fingerprint density at radius 1 is 1.00 bits per heavy atom. The number of anilines is 2. The molecule has 0 spiro atoms. The molecule has 2 aromatic rings. The van der Waals surface area contributed by atoms with Gasteiger partial charge in [-0.3, -0.25) is 14.4 Å². The number of piperidine rings is 1. The number of hydrogen-bond donors (Lipinski definition) is 2. The molecule has 2 atom stereocenters. The summed E-state index contributed by atoms with van der Waals surface area (Å²) in [6.45, 7) is 5.01. The number of amides is 3. The molecule has 0 saturated carbocycles. The van der Waals surface area contributed by atoms with Crippen molar-refractivity contribution in [1.29, 1.82) is 0 Å². The highest BCUT2D eigenvalue weighted by Gasteiger charge is 2.38. The van der Waals surface area contributed by atoms with Crippen LogP contribution >= 0.6 is 0 Å². The highest BCUT2D eigenvalue weighted by molar-refractivity contribution is 7.89. The number of carbonyl (C=O) groups excluding carboxylic acids is 3. The molecule has 0 aliphatic carbocycles. The fourth-order valence-corrected chi connectivity index (χ4v) is 6.06. The van der Waals surface area contributed by atoms with Gasteiger partial charge in [0.15, 0.2) is 0 Å². The van der Waals surface area contributed by atoms with Crippen LogP contribution in [0.3, 0.4) is 0 Å². The molecule has 2 saturated heterocycles. The molecule has 0 radical (unpaired) electrons. The van der Waals surface area contributed by atoms with Gasteiger partial charge in [-0.1, -0.05) is 25.1 Å². The van der Waals surface area contributed by atoms with Crippen LogP contribution in [0.2, 0.25) is 0 Å². The van der Waals surface area contributed by atoms with Gasteiger partial charge in [-0.15, -0.1) is 0 Å². The summed E-state index contributed by atoms with van der Waals surface area (Å²) in [5.74, 6) is -0.846. The lowest BCUT2D eigenvalue weighted by Gasteiger charge is -2.33. The van der Waals surface area contributed by atoms with E-state index in [1.807, 2.05) is 37.3 Å². The summed E-state index contributed by atoms with van der Waals surface area (Å²) >= 11 is 0. The van der Waals surface area contributed by atoms with E-state index in [-0.39, 0.29) is 46.9 Å². The number of hydrogen-bond acceptors (Lipinski definition) is 5. The molecule has 37 heavy (non-hydrogen) atoms. The Morgan fingerprint density at radius 2 is 1.65 bits per heavy atom. The first-order valence-corrected chi connectivity index (χ1v) is 14.2. The van der Waals surface area contributed by atoms with Crippen LogP contribution in [0.5, 0.6) is 0 Å². The van der Waals surface area contributed by atoms with Gasteiger partial charge in [0.1, 0.15) is 0 Å². The van der Waals surface area contributed by atoms with Crippen molar-refractivity contribution < 1.29 is 22.8 Å². The van der Waals surface area contributed by atoms with Gasteiger partial charge in [-0.25, -0.2) is 13.1 Å². The highest BCUT2D eigenvalue weighted by Crippen LogP contribution is 2.28. The van der Waals surface area contributed by atoms with Crippen LogP contribution in [-0.2, 0) is 24.4 Å². The van der Waals surface area contributed by atoms with Crippen LogP contribution in [0.25, 0.3) is 0 Å². The summed E-state index contributed by atoms with van der Waals surface area (Å²) in [7, 11) is -3.61. The molecular formula is C27H34N4O5S. The van der Waals surface area contributed by atoms with E-state index in [0.29, 0.717) is 44.6 Å². The quantitative estimate of drug-likeness (QED) is 0.549. The zero-order valence-corrected chi connectivity index (χ0v) is 22.0. The Balaban J connectivity index is 1.27. The summed E-state index contributed by atoms with van der Waals surface area (Å²) < 4.78 is 27.5. The lowest BCUT2D eigenvalue weighted by Crippen LogP contribution is -2.44. The van der Waals surface area contributed by atoms with Crippen molar-refractivity contribution in [2.45, 2.75) is 50.5 Å². The molecule has 0 aromatic heterocycles. The predicted octanol–water partition coefficient (Wildman–Crippen LogP) is 2.99. The van der Waals surface area contributed by atoms with Crippen molar-refractivity contribution in [2.75, 3.05) is 29.9 Å². The van der Waals surface area contributed by atoms with Gasteiger partial charge in [0.25, 0.3) is 0 Å². The minimum absolute atomic E-state index is 0.0339. The smallest absolute Gasteiger partial charge is 0.240 e. The molecule has 2 aromatic carbocycles. The second-order valence-electron chi connectivity index (χ2n) is 9.78. The van der Waals surface area contributed by atoms with Crippen molar-refractivity contribution in [3.05, 3.63) is 54.6 Å². The summed E-state index contributed by atoms with van der Waals surface area (Å²) in [6, 6.07) is 15.3. The van der Waals surface area contributed by atoms with Gasteiger partial charge >= 0.3 is 0 Å². The van der Waals surface area contributed by atoms with Crippen molar-refractivity contribution in [2.24, 2.45) is 11.8 Å². The average Bonchev–Trinajstić information content (AvgIpc) is 3.30. The first kappa shape index (κ1) is 26.8. The molecule has 3 amide bonds. The second kappa shape index (κ2) is 11.4. The van der Waals surface area contributed by atoms with Crippen LogP contribution in [-0.4, -0.2) is 56.7 Å². The van der Waals surface area contributed by atoms with E-state index in [1.54, 1.807) is 28.9 Å². The summed E-state index contributed by atoms with van der Waals surface area (Å²) in [4.78, 5) is 42.0. The van der Waals surface area contributed by atoms with Crippen LogP contribution in [0.1, 0.15) is 39.5 Å². The largest absolute Gasteiger partial charge is 0.342 e. The first-order valence-electron chi connectivity index (χ1n) is 12.8. The molecule has 2 unspecified atom stereocenters. The molecule has 2 aliphatic heterocycles. The van der Waals surface area contributed by atoms with Gasteiger partial charge < -0.3 is 15.1 Å².